The van der Waals surface area contributed by atoms with E-state index in [4.69, 9.17) is 0 Å². The number of hydrogen-bond acceptors (Lipinski definition) is 1. The van der Waals surface area contributed by atoms with Gasteiger partial charge in [0.25, 0.3) is 0 Å². The average molecular weight is 199 g/mol. The first kappa shape index (κ1) is 9.17. The molecule has 0 saturated carbocycles. The first-order chi connectivity index (χ1) is 7.38. The van der Waals surface area contributed by atoms with E-state index in [1.807, 2.05) is 0 Å². The Labute approximate surface area is 91.4 Å². The summed E-state index contributed by atoms with van der Waals surface area (Å²) in [6.07, 6.45) is 2.45. The zero-order valence-corrected chi connectivity index (χ0v) is 9.29. The number of nitrogens with zero attached hydrogens (tertiary/aromatic N) is 1. The molecule has 0 bridgehead atoms. The third-order valence-electron chi connectivity index (χ3n) is 3.71. The monoisotopic (exact) mass is 199 g/mol. The van der Waals surface area contributed by atoms with Gasteiger partial charge in [-0.15, -0.1) is 0 Å². The summed E-state index contributed by atoms with van der Waals surface area (Å²) >= 11 is 0. The van der Waals surface area contributed by atoms with Crippen molar-refractivity contribution < 1.29 is 0 Å². The molecule has 1 aliphatic heterocycles. The molecule has 3 rings (SSSR count). The van der Waals surface area contributed by atoms with Crippen molar-refractivity contribution >= 4 is 5.57 Å². The van der Waals surface area contributed by atoms with Crippen LogP contribution in [0.15, 0.2) is 29.8 Å². The summed E-state index contributed by atoms with van der Waals surface area (Å²) in [6.45, 7) is 5.88. The zero-order valence-electron chi connectivity index (χ0n) is 9.29. The predicted molar refractivity (Wildman–Crippen MR) is 63.8 cm³/mol. The predicted octanol–water partition coefficient (Wildman–Crippen LogP) is 2.72. The normalized spacial score (nSPS) is 20.3. The summed E-state index contributed by atoms with van der Waals surface area (Å²) in [5.74, 6) is 0. The van der Waals surface area contributed by atoms with Crippen molar-refractivity contribution in [3.05, 3.63) is 41.0 Å². The maximum Gasteiger partial charge on any atom is 0.0202 e. The maximum absolute atomic E-state index is 2.55. The van der Waals surface area contributed by atoms with Gasteiger partial charge < -0.3 is 0 Å². The minimum atomic E-state index is 1.19. The molecule has 0 radical (unpaired) electrons. The Balaban J connectivity index is 1.96. The van der Waals surface area contributed by atoms with Crippen LogP contribution in [0.25, 0.3) is 5.57 Å². The van der Waals surface area contributed by atoms with Gasteiger partial charge in [-0.25, -0.2) is 0 Å². The summed E-state index contributed by atoms with van der Waals surface area (Å²) in [7, 11) is 0. The molecule has 0 aromatic heterocycles. The molecule has 1 heteroatoms. The molecule has 15 heavy (non-hydrogen) atoms. The molecule has 0 N–H and O–H groups in total. The summed E-state index contributed by atoms with van der Waals surface area (Å²) in [6, 6.07) is 8.90. The average Bonchev–Trinajstić information content (AvgIpc) is 2.66. The van der Waals surface area contributed by atoms with Crippen LogP contribution in [0.4, 0.5) is 0 Å². The van der Waals surface area contributed by atoms with Crippen molar-refractivity contribution in [3.63, 3.8) is 0 Å². The van der Waals surface area contributed by atoms with E-state index in [2.05, 4.69) is 36.1 Å². The van der Waals surface area contributed by atoms with E-state index in [9.17, 15) is 0 Å². The number of benzene rings is 1. The highest BCUT2D eigenvalue weighted by molar-refractivity contribution is 5.77. The lowest BCUT2D eigenvalue weighted by molar-refractivity contribution is 0.309. The fourth-order valence-electron chi connectivity index (χ4n) is 2.85. The Hall–Kier alpha value is -1.08. The maximum atomic E-state index is 2.55. The van der Waals surface area contributed by atoms with Crippen LogP contribution >= 0.6 is 0 Å². The van der Waals surface area contributed by atoms with Crippen molar-refractivity contribution in [2.45, 2.75) is 19.8 Å². The minimum Gasteiger partial charge on any atom is -0.299 e. The fourth-order valence-corrected chi connectivity index (χ4v) is 2.85. The molecule has 1 nitrogen and oxygen atoms in total. The van der Waals surface area contributed by atoms with Crippen molar-refractivity contribution in [2.24, 2.45) is 0 Å². The van der Waals surface area contributed by atoms with Crippen molar-refractivity contribution in [2.75, 3.05) is 19.6 Å². The van der Waals surface area contributed by atoms with Crippen LogP contribution in [0.2, 0.25) is 0 Å². The Morgan fingerprint density at radius 2 is 2.13 bits per heavy atom. The molecule has 0 fully saturated rings. The van der Waals surface area contributed by atoms with Gasteiger partial charge in [-0.05, 0) is 41.7 Å². The van der Waals surface area contributed by atoms with Gasteiger partial charge in [-0.2, -0.15) is 0 Å². The van der Waals surface area contributed by atoms with E-state index in [1.54, 1.807) is 16.7 Å². The molecule has 0 unspecified atom stereocenters. The molecule has 78 valence electrons. The third-order valence-corrected chi connectivity index (χ3v) is 3.71. The minimum absolute atomic E-state index is 1.19. The van der Waals surface area contributed by atoms with Gasteiger partial charge in [-0.3, -0.25) is 4.90 Å². The second kappa shape index (κ2) is 3.49. The molecular weight excluding hydrogens is 182 g/mol. The number of rotatable bonds is 1. The van der Waals surface area contributed by atoms with E-state index in [1.165, 1.54) is 38.0 Å². The quantitative estimate of drug-likeness (QED) is 0.672. The first-order valence-corrected chi connectivity index (χ1v) is 5.90. The molecule has 1 aromatic carbocycles. The Morgan fingerprint density at radius 1 is 1.27 bits per heavy atom. The lowest BCUT2D eigenvalue weighted by atomic mass is 9.99. The van der Waals surface area contributed by atoms with Gasteiger partial charge in [0.15, 0.2) is 0 Å². The molecule has 0 saturated heterocycles. The first-order valence-electron chi connectivity index (χ1n) is 5.90. The van der Waals surface area contributed by atoms with E-state index in [0.717, 1.165) is 0 Å². The lowest BCUT2D eigenvalue weighted by Gasteiger charge is -2.27. The van der Waals surface area contributed by atoms with Gasteiger partial charge >= 0.3 is 0 Å². The number of hydrogen-bond donors (Lipinski definition) is 0. The van der Waals surface area contributed by atoms with Crippen LogP contribution in [0, 0.1) is 0 Å². The van der Waals surface area contributed by atoms with Gasteiger partial charge in [0, 0.05) is 13.1 Å². The Kier molecular flexibility index (Phi) is 2.14. The molecule has 0 spiro atoms. The van der Waals surface area contributed by atoms with Crippen LogP contribution in [0.5, 0.6) is 0 Å². The SMILES string of the molecule is CCN1CCC2=C(Cc3ccccc32)C1. The Bertz CT molecular complexity index is 417. The molecular formula is C14H17N. The van der Waals surface area contributed by atoms with Crippen molar-refractivity contribution in [3.8, 4) is 0 Å². The summed E-state index contributed by atoms with van der Waals surface area (Å²) in [5.41, 5.74) is 6.39. The van der Waals surface area contributed by atoms with Gasteiger partial charge in [0.05, 0.1) is 0 Å². The highest BCUT2D eigenvalue weighted by atomic mass is 15.1. The zero-order chi connectivity index (χ0) is 10.3. The smallest absolute Gasteiger partial charge is 0.0202 e. The van der Waals surface area contributed by atoms with E-state index in [-0.39, 0.29) is 0 Å². The second-order valence-electron chi connectivity index (χ2n) is 4.53. The van der Waals surface area contributed by atoms with Crippen molar-refractivity contribution in [1.29, 1.82) is 0 Å². The fraction of sp³-hybridized carbons (Fsp3) is 0.429. The standard InChI is InChI=1S/C14H17N/c1-2-15-8-7-14-12(10-15)9-11-5-3-4-6-13(11)14/h3-6H,2,7-10H2,1H3. The van der Waals surface area contributed by atoms with Gasteiger partial charge in [-0.1, -0.05) is 31.2 Å². The van der Waals surface area contributed by atoms with Crippen LogP contribution in [0.1, 0.15) is 24.5 Å². The molecule has 1 heterocycles. The summed E-state index contributed by atoms with van der Waals surface area (Å²) in [4.78, 5) is 2.55. The summed E-state index contributed by atoms with van der Waals surface area (Å²) < 4.78 is 0. The van der Waals surface area contributed by atoms with E-state index < -0.39 is 0 Å². The molecule has 1 aromatic rings. The topological polar surface area (TPSA) is 3.24 Å². The summed E-state index contributed by atoms with van der Waals surface area (Å²) in [5, 5.41) is 0. The Morgan fingerprint density at radius 3 is 3.00 bits per heavy atom. The molecule has 2 aliphatic rings. The largest absolute Gasteiger partial charge is 0.299 e. The lowest BCUT2D eigenvalue weighted by Crippen LogP contribution is -2.30. The van der Waals surface area contributed by atoms with Crippen LogP contribution in [0.3, 0.4) is 0 Å². The highest BCUT2D eigenvalue weighted by Gasteiger charge is 2.25. The molecule has 0 atom stereocenters. The highest BCUT2D eigenvalue weighted by Crippen LogP contribution is 2.37. The van der Waals surface area contributed by atoms with E-state index >= 15 is 0 Å². The molecule has 0 amide bonds. The van der Waals surface area contributed by atoms with Crippen LogP contribution in [-0.2, 0) is 6.42 Å². The van der Waals surface area contributed by atoms with Crippen molar-refractivity contribution in [1.82, 2.24) is 4.90 Å². The van der Waals surface area contributed by atoms with Crippen LogP contribution in [-0.4, -0.2) is 24.5 Å². The number of fused-ring (bicyclic) bond motifs is 2. The van der Waals surface area contributed by atoms with Gasteiger partial charge in [0.2, 0.25) is 0 Å². The number of likely N-dealkylation sites (N-methyl/N-ethyl adjacent to an activating group) is 1. The van der Waals surface area contributed by atoms with E-state index in [0.29, 0.717) is 0 Å². The third kappa shape index (κ3) is 1.42. The van der Waals surface area contributed by atoms with Gasteiger partial charge in [0.1, 0.15) is 0 Å². The second-order valence-corrected chi connectivity index (χ2v) is 4.53. The molecule has 1 aliphatic carbocycles. The van der Waals surface area contributed by atoms with Crippen LogP contribution < -0.4 is 0 Å².